The summed E-state index contributed by atoms with van der Waals surface area (Å²) in [6, 6.07) is 63.7. The molecule has 1 aromatic heterocycles. The van der Waals surface area contributed by atoms with Gasteiger partial charge < -0.3 is 9.32 Å². The summed E-state index contributed by atoms with van der Waals surface area (Å²) in [5.41, 5.74) is 9.00. The van der Waals surface area contributed by atoms with Crippen LogP contribution in [0.3, 0.4) is 0 Å². The second-order valence-electron chi connectivity index (χ2n) is 14.4. The summed E-state index contributed by atoms with van der Waals surface area (Å²) in [6.45, 7) is 0. The van der Waals surface area contributed by atoms with Crippen molar-refractivity contribution in [2.45, 2.75) is 12.3 Å². The van der Waals surface area contributed by atoms with E-state index in [1.54, 1.807) is 0 Å². The van der Waals surface area contributed by atoms with Crippen molar-refractivity contribution in [2.24, 2.45) is 0 Å². The molecule has 1 atom stereocenters. The molecule has 0 N–H and O–H groups in total. The smallest absolute Gasteiger partial charge is 0.143 e. The van der Waals surface area contributed by atoms with E-state index in [4.69, 9.17) is 4.42 Å². The summed E-state index contributed by atoms with van der Waals surface area (Å²) in [4.78, 5) is 2.47. The molecule has 0 aliphatic heterocycles. The molecule has 10 aromatic rings. The van der Waals surface area contributed by atoms with Crippen LogP contribution in [0.2, 0.25) is 0 Å². The number of rotatable bonds is 5. The third-order valence-electron chi connectivity index (χ3n) is 11.4. The van der Waals surface area contributed by atoms with Crippen LogP contribution in [0.4, 0.5) is 11.4 Å². The molecule has 1 aliphatic rings. The van der Waals surface area contributed by atoms with E-state index >= 15 is 0 Å². The highest BCUT2D eigenvalue weighted by atomic mass is 16.3. The van der Waals surface area contributed by atoms with E-state index in [-0.39, 0.29) is 5.92 Å². The molecule has 0 saturated heterocycles. The number of allylic oxidation sites excluding steroid dienone is 3. The maximum atomic E-state index is 6.52. The summed E-state index contributed by atoms with van der Waals surface area (Å²) < 4.78 is 6.52. The highest BCUT2D eigenvalue weighted by Gasteiger charge is 2.24. The van der Waals surface area contributed by atoms with E-state index in [1.165, 1.54) is 54.5 Å². The number of anilines is 2. The van der Waals surface area contributed by atoms with Crippen LogP contribution in [0.5, 0.6) is 0 Å². The maximum Gasteiger partial charge on any atom is 0.143 e. The van der Waals surface area contributed by atoms with Crippen LogP contribution >= 0.6 is 0 Å². The van der Waals surface area contributed by atoms with Gasteiger partial charge in [0, 0.05) is 38.7 Å². The first-order valence-electron chi connectivity index (χ1n) is 18.8. The first-order valence-corrected chi connectivity index (χ1v) is 18.8. The van der Waals surface area contributed by atoms with Crippen molar-refractivity contribution in [3.05, 3.63) is 205 Å². The van der Waals surface area contributed by atoms with Gasteiger partial charge in [0.2, 0.25) is 0 Å². The average Bonchev–Trinajstić information content (AvgIpc) is 3.63. The van der Waals surface area contributed by atoms with Gasteiger partial charge in [0.1, 0.15) is 11.2 Å². The molecule has 11 rings (SSSR count). The number of benzene rings is 9. The van der Waals surface area contributed by atoms with E-state index in [0.717, 1.165) is 50.7 Å². The molecule has 0 amide bonds. The van der Waals surface area contributed by atoms with Crippen LogP contribution in [0, 0.1) is 0 Å². The Labute approximate surface area is 313 Å². The van der Waals surface area contributed by atoms with Crippen molar-refractivity contribution in [3.63, 3.8) is 0 Å². The first-order chi connectivity index (χ1) is 26.8. The largest absolute Gasteiger partial charge is 0.455 e. The lowest BCUT2D eigenvalue weighted by atomic mass is 9.85. The van der Waals surface area contributed by atoms with Crippen LogP contribution in [0.25, 0.3) is 76.2 Å². The molecule has 0 bridgehead atoms. The Morgan fingerprint density at radius 2 is 1.13 bits per heavy atom. The van der Waals surface area contributed by atoms with Crippen LogP contribution in [-0.2, 0) is 0 Å². The molecular weight excluding hydrogens is 655 g/mol. The van der Waals surface area contributed by atoms with Gasteiger partial charge in [-0.25, -0.2) is 0 Å². The van der Waals surface area contributed by atoms with Crippen LogP contribution in [0.1, 0.15) is 17.9 Å². The minimum absolute atomic E-state index is 0.265. The standard InChI is InChI=1S/C52H35NO/c1-5-17-41-34(12-1)15-11-23-50(41)53(39-28-24-36(25-29-39)47-32-37-14-3-4-16-40(37)44-20-7-8-21-45(44)47)49-22-10-9-18-42(49)38-27-31-51-48(33-38)46-30-26-35-13-2-6-19-43(35)52(46)54-51/h1-24,26-33,36H,25H2. The number of para-hydroxylation sites is 1. The number of nitrogens with zero attached hydrogens (tertiary/aromatic N) is 1. The Bertz CT molecular complexity index is 3160. The lowest BCUT2D eigenvalue weighted by Gasteiger charge is -2.32. The lowest BCUT2D eigenvalue weighted by Crippen LogP contribution is -2.18. The number of furan rings is 1. The third-order valence-corrected chi connectivity index (χ3v) is 11.4. The van der Waals surface area contributed by atoms with Crippen molar-refractivity contribution in [1.82, 2.24) is 0 Å². The highest BCUT2D eigenvalue weighted by Crippen LogP contribution is 2.45. The molecule has 0 spiro atoms. The fourth-order valence-electron chi connectivity index (χ4n) is 8.79. The Hall–Kier alpha value is -6.90. The molecule has 254 valence electrons. The van der Waals surface area contributed by atoms with E-state index in [0.29, 0.717) is 0 Å². The van der Waals surface area contributed by atoms with Gasteiger partial charge in [-0.05, 0) is 92.3 Å². The number of hydrogen-bond acceptors (Lipinski definition) is 2. The van der Waals surface area contributed by atoms with Crippen LogP contribution in [0.15, 0.2) is 204 Å². The second-order valence-corrected chi connectivity index (χ2v) is 14.4. The van der Waals surface area contributed by atoms with E-state index < -0.39 is 0 Å². The zero-order valence-corrected chi connectivity index (χ0v) is 29.6. The Morgan fingerprint density at radius 1 is 0.463 bits per heavy atom. The predicted molar refractivity (Wildman–Crippen MR) is 229 cm³/mol. The van der Waals surface area contributed by atoms with Crippen molar-refractivity contribution < 1.29 is 4.42 Å². The van der Waals surface area contributed by atoms with Gasteiger partial charge in [-0.15, -0.1) is 0 Å². The van der Waals surface area contributed by atoms with Gasteiger partial charge in [0.05, 0.1) is 11.4 Å². The quantitative estimate of drug-likeness (QED) is 0.167. The average molecular weight is 690 g/mol. The molecule has 9 aromatic carbocycles. The minimum atomic E-state index is 0.265. The summed E-state index contributed by atoms with van der Waals surface area (Å²) in [5, 5.41) is 12.3. The molecular formula is C52H35NO. The molecule has 54 heavy (non-hydrogen) atoms. The topological polar surface area (TPSA) is 16.4 Å². The van der Waals surface area contributed by atoms with Gasteiger partial charge in [-0.3, -0.25) is 0 Å². The van der Waals surface area contributed by atoms with Gasteiger partial charge in [0.15, 0.2) is 0 Å². The molecule has 0 fully saturated rings. The van der Waals surface area contributed by atoms with E-state index in [9.17, 15) is 0 Å². The predicted octanol–water partition coefficient (Wildman–Crippen LogP) is 14.6. The highest BCUT2D eigenvalue weighted by molar-refractivity contribution is 6.16. The fraction of sp³-hybridized carbons (Fsp3) is 0.0385. The molecule has 0 radical (unpaired) electrons. The normalized spacial score (nSPS) is 14.4. The van der Waals surface area contributed by atoms with Crippen molar-refractivity contribution in [3.8, 4) is 11.1 Å². The summed E-state index contributed by atoms with van der Waals surface area (Å²) in [6.07, 6.45) is 8.10. The molecule has 1 heterocycles. The molecule has 2 nitrogen and oxygen atoms in total. The van der Waals surface area contributed by atoms with Crippen molar-refractivity contribution in [2.75, 3.05) is 4.90 Å². The monoisotopic (exact) mass is 689 g/mol. The van der Waals surface area contributed by atoms with Crippen molar-refractivity contribution >= 4 is 76.4 Å². The molecule has 2 heteroatoms. The van der Waals surface area contributed by atoms with Gasteiger partial charge in [-0.1, -0.05) is 152 Å². The SMILES string of the molecule is C1=CC(c2cc3ccccc3c3ccccc23)CC=C1N(c1ccccc1-c1ccc2oc3c4ccccc4ccc3c2c1)c1cccc2ccccc12. The van der Waals surface area contributed by atoms with Gasteiger partial charge in [0.25, 0.3) is 0 Å². The van der Waals surface area contributed by atoms with E-state index in [2.05, 4.69) is 199 Å². The zero-order valence-electron chi connectivity index (χ0n) is 29.6. The fourth-order valence-corrected chi connectivity index (χ4v) is 8.79. The van der Waals surface area contributed by atoms with E-state index in [1.807, 2.05) is 0 Å². The first kappa shape index (κ1) is 30.7. The van der Waals surface area contributed by atoms with Crippen molar-refractivity contribution in [1.29, 1.82) is 0 Å². The number of fused-ring (bicyclic) bond motifs is 9. The molecule has 0 saturated carbocycles. The summed E-state index contributed by atoms with van der Waals surface area (Å²) >= 11 is 0. The third kappa shape index (κ3) is 4.88. The Kier molecular flexibility index (Phi) is 7.03. The van der Waals surface area contributed by atoms with Crippen LogP contribution in [-0.4, -0.2) is 0 Å². The summed E-state index contributed by atoms with van der Waals surface area (Å²) in [5.74, 6) is 0.265. The number of hydrogen-bond donors (Lipinski definition) is 0. The Balaban J connectivity index is 1.06. The minimum Gasteiger partial charge on any atom is -0.455 e. The zero-order chi connectivity index (χ0) is 35.6. The summed E-state index contributed by atoms with van der Waals surface area (Å²) in [7, 11) is 0. The molecule has 1 unspecified atom stereocenters. The lowest BCUT2D eigenvalue weighted by molar-refractivity contribution is 0.672. The molecule has 1 aliphatic carbocycles. The second kappa shape index (κ2) is 12.4. The van der Waals surface area contributed by atoms with Crippen LogP contribution < -0.4 is 4.90 Å². The van der Waals surface area contributed by atoms with Gasteiger partial charge >= 0.3 is 0 Å². The van der Waals surface area contributed by atoms with Gasteiger partial charge in [-0.2, -0.15) is 0 Å². The Morgan fingerprint density at radius 3 is 1.96 bits per heavy atom. The maximum absolute atomic E-state index is 6.52.